The summed E-state index contributed by atoms with van der Waals surface area (Å²) in [6, 6.07) is 13.4. The number of halogens is 2. The van der Waals surface area contributed by atoms with Crippen molar-refractivity contribution in [1.29, 1.82) is 0 Å². The van der Waals surface area contributed by atoms with Crippen molar-refractivity contribution in [3.63, 3.8) is 0 Å². The minimum Gasteiger partial charge on any atom is -0.493 e. The Bertz CT molecular complexity index is 978. The highest BCUT2D eigenvalue weighted by molar-refractivity contribution is 7.22. The van der Waals surface area contributed by atoms with Crippen LogP contribution in [-0.4, -0.2) is 48.6 Å². The van der Waals surface area contributed by atoms with Gasteiger partial charge in [-0.3, -0.25) is 9.69 Å². The van der Waals surface area contributed by atoms with Gasteiger partial charge in [0.25, 0.3) is 0 Å². The number of benzene rings is 2. The lowest BCUT2D eigenvalue weighted by molar-refractivity contribution is -0.119. The smallest absolute Gasteiger partial charge is 0.232 e. The molecule has 5 nitrogen and oxygen atoms in total. The molecule has 0 saturated heterocycles. The molecule has 1 amide bonds. The number of fused-ring (bicyclic) bond motifs is 1. The van der Waals surface area contributed by atoms with Gasteiger partial charge in [0.15, 0.2) is 5.13 Å². The highest BCUT2D eigenvalue weighted by Gasteiger charge is 2.21. The topological polar surface area (TPSA) is 45.7 Å². The molecule has 0 N–H and O–H groups in total. The van der Waals surface area contributed by atoms with Crippen molar-refractivity contribution in [2.75, 3.05) is 37.7 Å². The number of anilines is 1. The van der Waals surface area contributed by atoms with E-state index in [2.05, 4.69) is 18.7 Å². The normalized spacial score (nSPS) is 10.9. The average molecular weight is 482 g/mol. The molecule has 8 heteroatoms. The summed E-state index contributed by atoms with van der Waals surface area (Å²) in [4.78, 5) is 22.0. The molecular formula is C23H29Cl2N3O2S. The van der Waals surface area contributed by atoms with Crippen molar-refractivity contribution < 1.29 is 9.53 Å². The van der Waals surface area contributed by atoms with Gasteiger partial charge >= 0.3 is 0 Å². The number of carbonyl (C=O) groups is 1. The molecule has 1 heterocycles. The monoisotopic (exact) mass is 481 g/mol. The van der Waals surface area contributed by atoms with E-state index in [1.165, 1.54) is 11.3 Å². The van der Waals surface area contributed by atoms with Crippen LogP contribution in [0.25, 0.3) is 10.2 Å². The fourth-order valence-electron chi connectivity index (χ4n) is 3.27. The molecule has 0 saturated carbocycles. The highest BCUT2D eigenvalue weighted by atomic mass is 35.5. The third-order valence-corrected chi connectivity index (χ3v) is 6.28. The first kappa shape index (κ1) is 25.4. The largest absolute Gasteiger partial charge is 0.493 e. The van der Waals surface area contributed by atoms with Crippen molar-refractivity contribution in [3.8, 4) is 5.75 Å². The van der Waals surface area contributed by atoms with E-state index < -0.39 is 0 Å². The number of nitrogens with zero attached hydrogens (tertiary/aromatic N) is 3. The van der Waals surface area contributed by atoms with Gasteiger partial charge in [0.05, 0.1) is 23.2 Å². The summed E-state index contributed by atoms with van der Waals surface area (Å²) in [5, 5.41) is 1.40. The van der Waals surface area contributed by atoms with Gasteiger partial charge in [0.1, 0.15) is 5.75 Å². The van der Waals surface area contributed by atoms with E-state index in [4.69, 9.17) is 21.3 Å². The lowest BCUT2D eigenvalue weighted by Crippen LogP contribution is -2.39. The molecule has 3 aromatic rings. The van der Waals surface area contributed by atoms with Crippen molar-refractivity contribution in [3.05, 3.63) is 53.1 Å². The summed E-state index contributed by atoms with van der Waals surface area (Å²) in [7, 11) is 0. The van der Waals surface area contributed by atoms with Crippen molar-refractivity contribution in [2.24, 2.45) is 0 Å². The number of aromatic nitrogens is 1. The van der Waals surface area contributed by atoms with Gasteiger partial charge in [-0.2, -0.15) is 0 Å². The molecule has 0 spiro atoms. The number of aryl methyl sites for hydroxylation is 1. The molecule has 2 aromatic carbocycles. The molecule has 0 unspecified atom stereocenters. The summed E-state index contributed by atoms with van der Waals surface area (Å²) in [5.41, 5.74) is 1.92. The van der Waals surface area contributed by atoms with Crippen LogP contribution in [0.15, 0.2) is 42.5 Å². The quantitative estimate of drug-likeness (QED) is 0.365. The molecule has 0 aliphatic carbocycles. The standard InChI is InChI=1S/C23H28ClN3O2S.ClH/c1-4-26(5-2)12-13-27(21(28)11-14-29-19-9-7-6-8-10-19)23-25-22-17(3)15-18(24)16-20(22)30-23;/h6-10,15-16H,4-5,11-14H2,1-3H3;1H. The lowest BCUT2D eigenvalue weighted by Gasteiger charge is -2.24. The van der Waals surface area contributed by atoms with Crippen molar-refractivity contribution >= 4 is 56.6 Å². The Morgan fingerprint density at radius 1 is 1.13 bits per heavy atom. The molecule has 0 atom stereocenters. The summed E-state index contributed by atoms with van der Waals surface area (Å²) >= 11 is 7.73. The van der Waals surface area contributed by atoms with Crippen LogP contribution in [0.5, 0.6) is 5.75 Å². The zero-order valence-corrected chi connectivity index (χ0v) is 20.5. The molecule has 0 aliphatic heterocycles. The van der Waals surface area contributed by atoms with E-state index in [0.717, 1.165) is 41.2 Å². The number of hydrogen-bond donors (Lipinski definition) is 0. The average Bonchev–Trinajstić information content (AvgIpc) is 3.16. The maximum Gasteiger partial charge on any atom is 0.232 e. The predicted molar refractivity (Wildman–Crippen MR) is 133 cm³/mol. The number of amides is 1. The van der Waals surface area contributed by atoms with Gasteiger partial charge in [-0.1, -0.05) is 55.0 Å². The Labute approximate surface area is 199 Å². The lowest BCUT2D eigenvalue weighted by atomic mass is 10.2. The highest BCUT2D eigenvalue weighted by Crippen LogP contribution is 2.33. The molecule has 3 rings (SSSR count). The van der Waals surface area contributed by atoms with E-state index in [-0.39, 0.29) is 18.3 Å². The second kappa shape index (κ2) is 12.2. The van der Waals surface area contributed by atoms with Crippen LogP contribution >= 0.6 is 35.3 Å². The second-order valence-corrected chi connectivity index (χ2v) is 8.50. The molecule has 31 heavy (non-hydrogen) atoms. The molecule has 0 bridgehead atoms. The Hall–Kier alpha value is -1.86. The van der Waals surface area contributed by atoms with Gasteiger partial charge in [-0.25, -0.2) is 4.98 Å². The fraction of sp³-hybridized carbons (Fsp3) is 0.391. The Morgan fingerprint density at radius 2 is 1.84 bits per heavy atom. The van der Waals surface area contributed by atoms with Gasteiger partial charge in [0, 0.05) is 18.1 Å². The minimum absolute atomic E-state index is 0. The number of ether oxygens (including phenoxy) is 1. The number of carbonyl (C=O) groups excluding carboxylic acids is 1. The molecule has 1 aromatic heterocycles. The fourth-order valence-corrected chi connectivity index (χ4v) is 4.74. The summed E-state index contributed by atoms with van der Waals surface area (Å²) in [5.74, 6) is 0.783. The zero-order valence-electron chi connectivity index (χ0n) is 18.1. The van der Waals surface area contributed by atoms with Crippen LogP contribution in [0.3, 0.4) is 0 Å². The molecule has 0 aliphatic rings. The molecule has 168 valence electrons. The first-order valence-corrected chi connectivity index (χ1v) is 11.5. The Kier molecular flexibility index (Phi) is 10.0. The van der Waals surface area contributed by atoms with Gasteiger partial charge in [0.2, 0.25) is 5.91 Å². The first-order valence-electron chi connectivity index (χ1n) is 10.3. The minimum atomic E-state index is 0. The second-order valence-electron chi connectivity index (χ2n) is 7.05. The zero-order chi connectivity index (χ0) is 21.5. The number of para-hydroxylation sites is 1. The summed E-state index contributed by atoms with van der Waals surface area (Å²) in [6.07, 6.45) is 0.294. The van der Waals surface area contributed by atoms with Crippen LogP contribution in [-0.2, 0) is 4.79 Å². The third-order valence-electron chi connectivity index (χ3n) is 5.03. The van der Waals surface area contributed by atoms with E-state index >= 15 is 0 Å². The number of thiazole rings is 1. The number of hydrogen-bond acceptors (Lipinski definition) is 5. The van der Waals surface area contributed by atoms with Crippen LogP contribution < -0.4 is 9.64 Å². The molecule has 0 radical (unpaired) electrons. The summed E-state index contributed by atoms with van der Waals surface area (Å²) < 4.78 is 6.73. The van der Waals surface area contributed by atoms with E-state index in [1.54, 1.807) is 4.90 Å². The van der Waals surface area contributed by atoms with Crippen molar-refractivity contribution in [2.45, 2.75) is 27.2 Å². The van der Waals surface area contributed by atoms with Gasteiger partial charge in [-0.05, 0) is 49.8 Å². The van der Waals surface area contributed by atoms with Crippen LogP contribution in [0.1, 0.15) is 25.8 Å². The molecular weight excluding hydrogens is 453 g/mol. The third kappa shape index (κ3) is 6.81. The van der Waals surface area contributed by atoms with Crippen LogP contribution in [0.4, 0.5) is 5.13 Å². The summed E-state index contributed by atoms with van der Waals surface area (Å²) in [6.45, 7) is 9.88. The van der Waals surface area contributed by atoms with E-state index in [0.29, 0.717) is 29.7 Å². The maximum atomic E-state index is 13.1. The maximum absolute atomic E-state index is 13.1. The molecule has 0 fully saturated rings. The van der Waals surface area contributed by atoms with Crippen LogP contribution in [0, 0.1) is 6.92 Å². The Morgan fingerprint density at radius 3 is 2.52 bits per heavy atom. The van der Waals surface area contributed by atoms with E-state index in [9.17, 15) is 4.79 Å². The number of rotatable bonds is 10. The Balaban J connectivity index is 0.00000341. The predicted octanol–water partition coefficient (Wildman–Crippen LogP) is 5.82. The van der Waals surface area contributed by atoms with Crippen LogP contribution in [0.2, 0.25) is 5.02 Å². The first-order chi connectivity index (χ1) is 14.5. The number of likely N-dealkylation sites (N-methyl/N-ethyl adjacent to an activating group) is 1. The van der Waals surface area contributed by atoms with Crippen molar-refractivity contribution in [1.82, 2.24) is 9.88 Å². The van der Waals surface area contributed by atoms with E-state index in [1.807, 2.05) is 49.4 Å². The van der Waals surface area contributed by atoms with Gasteiger partial charge < -0.3 is 9.64 Å². The van der Waals surface area contributed by atoms with Gasteiger partial charge in [-0.15, -0.1) is 12.4 Å². The SMILES string of the molecule is CCN(CC)CCN(C(=O)CCOc1ccccc1)c1nc2c(C)cc(Cl)cc2s1.Cl.